The van der Waals surface area contributed by atoms with Crippen LogP contribution in [0.4, 0.5) is 0 Å². The summed E-state index contributed by atoms with van der Waals surface area (Å²) in [4.78, 5) is 12.6. The van der Waals surface area contributed by atoms with Crippen molar-refractivity contribution in [2.75, 3.05) is 0 Å². The molecule has 2 rings (SSSR count). The zero-order chi connectivity index (χ0) is 16.7. The normalized spacial score (nSPS) is 13.8. The van der Waals surface area contributed by atoms with Crippen LogP contribution in [0.5, 0.6) is 0 Å². The second kappa shape index (κ2) is 6.74. The van der Waals surface area contributed by atoms with Crippen molar-refractivity contribution >= 4 is 75.4 Å². The molecule has 0 saturated carbocycles. The summed E-state index contributed by atoms with van der Waals surface area (Å²) in [6.45, 7) is 0. The summed E-state index contributed by atoms with van der Waals surface area (Å²) in [5.41, 5.74) is -0.153. The SMILES string of the molecule is O=C(c1c(Cl)c(Cl)c(Cl)c(Cl)c1Cl)C(O)(Cl)c1ccccc1. The Labute approximate surface area is 156 Å². The fourth-order valence-corrected chi connectivity index (χ4v) is 3.29. The average Bonchev–Trinajstić information content (AvgIpc) is 2.52. The summed E-state index contributed by atoms with van der Waals surface area (Å²) in [5, 5.41) is 7.14. The van der Waals surface area contributed by atoms with E-state index < -0.39 is 10.8 Å². The molecule has 116 valence electrons. The lowest BCUT2D eigenvalue weighted by Gasteiger charge is -2.22. The Morgan fingerprint density at radius 1 is 0.818 bits per heavy atom. The van der Waals surface area contributed by atoms with Gasteiger partial charge in [-0.3, -0.25) is 4.79 Å². The van der Waals surface area contributed by atoms with Crippen LogP contribution in [-0.4, -0.2) is 10.9 Å². The first-order valence-electron chi connectivity index (χ1n) is 5.72. The van der Waals surface area contributed by atoms with Crippen LogP contribution in [0.15, 0.2) is 30.3 Å². The van der Waals surface area contributed by atoms with Gasteiger partial charge in [-0.05, 0) is 0 Å². The topological polar surface area (TPSA) is 37.3 Å². The number of benzene rings is 2. The van der Waals surface area contributed by atoms with Crippen LogP contribution in [0.25, 0.3) is 0 Å². The molecule has 0 aliphatic rings. The lowest BCUT2D eigenvalue weighted by Crippen LogP contribution is -2.30. The number of Topliss-reactive ketones (excluding diaryl/α,β-unsaturated/α-hetero) is 1. The smallest absolute Gasteiger partial charge is 0.228 e. The molecule has 1 N–H and O–H groups in total. The number of aliphatic hydroxyl groups is 1. The molecular weight excluding hydrogens is 413 g/mol. The van der Waals surface area contributed by atoms with Gasteiger partial charge in [-0.1, -0.05) is 99.9 Å². The van der Waals surface area contributed by atoms with Crippen molar-refractivity contribution in [2.24, 2.45) is 0 Å². The quantitative estimate of drug-likeness (QED) is 0.278. The summed E-state index contributed by atoms with van der Waals surface area (Å²) in [6, 6.07) is 7.89. The minimum atomic E-state index is -2.38. The molecule has 2 aromatic carbocycles. The summed E-state index contributed by atoms with van der Waals surface area (Å²) >= 11 is 35.7. The minimum Gasteiger partial charge on any atom is -0.365 e. The number of alkyl halides is 1. The van der Waals surface area contributed by atoms with Gasteiger partial charge in [0.05, 0.1) is 30.7 Å². The lowest BCUT2D eigenvalue weighted by atomic mass is 9.99. The Morgan fingerprint density at radius 2 is 1.23 bits per heavy atom. The molecule has 2 nitrogen and oxygen atoms in total. The largest absolute Gasteiger partial charge is 0.365 e. The first kappa shape index (κ1) is 18.2. The highest BCUT2D eigenvalue weighted by Crippen LogP contribution is 2.46. The number of hydrogen-bond acceptors (Lipinski definition) is 2. The molecule has 0 heterocycles. The first-order chi connectivity index (χ1) is 10.2. The van der Waals surface area contributed by atoms with Crippen molar-refractivity contribution in [3.05, 3.63) is 66.6 Å². The standard InChI is InChI=1S/C14H6Cl6O2/c15-8-7(9(16)11(18)12(19)10(8)17)13(21)14(20,22)6-4-2-1-3-5-6/h1-5,22H. The maximum Gasteiger partial charge on any atom is 0.228 e. The van der Waals surface area contributed by atoms with Crippen LogP contribution in [0, 0.1) is 0 Å². The first-order valence-corrected chi connectivity index (χ1v) is 7.99. The fourth-order valence-electron chi connectivity index (χ4n) is 1.76. The molecule has 0 amide bonds. The molecule has 0 spiro atoms. The van der Waals surface area contributed by atoms with E-state index in [0.29, 0.717) is 0 Å². The van der Waals surface area contributed by atoms with Gasteiger partial charge in [0.1, 0.15) is 0 Å². The van der Waals surface area contributed by atoms with E-state index in [0.717, 1.165) is 0 Å². The molecule has 0 saturated heterocycles. The third-order valence-corrected chi connectivity index (χ3v) is 5.56. The number of hydrogen-bond donors (Lipinski definition) is 1. The third-order valence-electron chi connectivity index (χ3n) is 2.89. The van der Waals surface area contributed by atoms with Gasteiger partial charge < -0.3 is 5.11 Å². The van der Waals surface area contributed by atoms with E-state index in [4.69, 9.17) is 69.6 Å². The number of ketones is 1. The molecule has 0 fully saturated rings. The van der Waals surface area contributed by atoms with Crippen molar-refractivity contribution in [3.63, 3.8) is 0 Å². The van der Waals surface area contributed by atoms with E-state index >= 15 is 0 Å². The minimum absolute atomic E-state index is 0.0901. The number of carbonyl (C=O) groups is 1. The predicted octanol–water partition coefficient (Wildman–Crippen LogP) is 6.22. The van der Waals surface area contributed by atoms with Crippen LogP contribution in [0.2, 0.25) is 25.1 Å². The molecule has 1 atom stereocenters. The van der Waals surface area contributed by atoms with Gasteiger partial charge in [0.25, 0.3) is 0 Å². The van der Waals surface area contributed by atoms with Crippen molar-refractivity contribution in [1.82, 2.24) is 0 Å². The number of rotatable bonds is 3. The van der Waals surface area contributed by atoms with Gasteiger partial charge in [0, 0.05) is 5.56 Å². The van der Waals surface area contributed by atoms with Gasteiger partial charge in [-0.15, -0.1) is 0 Å². The summed E-state index contributed by atoms with van der Waals surface area (Å²) in [7, 11) is 0. The van der Waals surface area contributed by atoms with Crippen molar-refractivity contribution in [3.8, 4) is 0 Å². The van der Waals surface area contributed by atoms with Gasteiger partial charge in [0.15, 0.2) is 0 Å². The highest BCUT2D eigenvalue weighted by molar-refractivity contribution is 6.57. The molecule has 0 aromatic heterocycles. The molecule has 1 unspecified atom stereocenters. The van der Waals surface area contributed by atoms with E-state index in [1.165, 1.54) is 12.1 Å². The van der Waals surface area contributed by atoms with E-state index in [9.17, 15) is 9.90 Å². The van der Waals surface area contributed by atoms with Gasteiger partial charge in [-0.2, -0.15) is 0 Å². The highest BCUT2D eigenvalue weighted by atomic mass is 35.5. The summed E-state index contributed by atoms with van der Waals surface area (Å²) < 4.78 is 0. The highest BCUT2D eigenvalue weighted by Gasteiger charge is 2.40. The van der Waals surface area contributed by atoms with Gasteiger partial charge in [-0.25, -0.2) is 0 Å². The molecule has 0 aliphatic heterocycles. The Kier molecular flexibility index (Phi) is 5.56. The lowest BCUT2D eigenvalue weighted by molar-refractivity contribution is 0.0636. The zero-order valence-corrected chi connectivity index (χ0v) is 15.0. The Morgan fingerprint density at radius 3 is 1.68 bits per heavy atom. The monoisotopic (exact) mass is 416 g/mol. The van der Waals surface area contributed by atoms with Gasteiger partial charge >= 0.3 is 0 Å². The number of halogens is 6. The van der Waals surface area contributed by atoms with E-state index in [2.05, 4.69) is 0 Å². The second-order valence-corrected chi connectivity index (χ2v) is 6.70. The third kappa shape index (κ3) is 3.07. The maximum atomic E-state index is 12.6. The fraction of sp³-hybridized carbons (Fsp3) is 0.0714. The van der Waals surface area contributed by atoms with E-state index in [1.807, 2.05) is 0 Å². The number of carbonyl (C=O) groups excluding carboxylic acids is 1. The van der Waals surface area contributed by atoms with Gasteiger partial charge in [0.2, 0.25) is 10.8 Å². The molecule has 0 aliphatic carbocycles. The van der Waals surface area contributed by atoms with Crippen molar-refractivity contribution in [1.29, 1.82) is 0 Å². The molecule has 2 aromatic rings. The maximum absolute atomic E-state index is 12.6. The zero-order valence-electron chi connectivity index (χ0n) is 10.5. The Balaban J connectivity index is 2.65. The van der Waals surface area contributed by atoms with Crippen LogP contribution in [0.1, 0.15) is 15.9 Å². The molecule has 0 bridgehead atoms. The van der Waals surface area contributed by atoms with Crippen LogP contribution in [0.3, 0.4) is 0 Å². The van der Waals surface area contributed by atoms with Crippen molar-refractivity contribution in [2.45, 2.75) is 5.06 Å². The van der Waals surface area contributed by atoms with Crippen molar-refractivity contribution < 1.29 is 9.90 Å². The molecule has 8 heteroatoms. The molecule has 22 heavy (non-hydrogen) atoms. The molecule has 0 radical (unpaired) electrons. The molecular formula is C14H6Cl6O2. The summed E-state index contributed by atoms with van der Waals surface area (Å²) in [5.74, 6) is -0.962. The Hall–Kier alpha value is -0.190. The Bertz CT molecular complexity index is 714. The van der Waals surface area contributed by atoms with Crippen LogP contribution < -0.4 is 0 Å². The van der Waals surface area contributed by atoms with Crippen LogP contribution >= 0.6 is 69.6 Å². The second-order valence-electron chi connectivity index (χ2n) is 4.26. The van der Waals surface area contributed by atoms with E-state index in [-0.39, 0.29) is 36.2 Å². The predicted molar refractivity (Wildman–Crippen MR) is 92.0 cm³/mol. The summed E-state index contributed by atoms with van der Waals surface area (Å²) in [6.07, 6.45) is 0. The average molecular weight is 419 g/mol. The van der Waals surface area contributed by atoms with E-state index in [1.54, 1.807) is 18.2 Å². The van der Waals surface area contributed by atoms with Crippen LogP contribution in [-0.2, 0) is 5.06 Å².